The van der Waals surface area contributed by atoms with E-state index < -0.39 is 11.7 Å². The Bertz CT molecular complexity index is 1530. The molecule has 6 nitrogen and oxygen atoms in total. The molecule has 1 saturated heterocycles. The molecule has 5 rings (SSSR count). The Kier molecular flexibility index (Phi) is 6.55. The zero-order valence-corrected chi connectivity index (χ0v) is 20.9. The molecule has 2 amide bonds. The lowest BCUT2D eigenvalue weighted by Gasteiger charge is -2.14. The van der Waals surface area contributed by atoms with Crippen molar-refractivity contribution in [3.8, 4) is 11.6 Å². The van der Waals surface area contributed by atoms with Gasteiger partial charge in [0.05, 0.1) is 17.6 Å². The van der Waals surface area contributed by atoms with Crippen LogP contribution in [0.15, 0.2) is 76.2 Å². The van der Waals surface area contributed by atoms with E-state index in [1.54, 1.807) is 18.2 Å². The third-order valence-corrected chi connectivity index (χ3v) is 7.12. The Morgan fingerprint density at radius 3 is 2.69 bits per heavy atom. The summed E-state index contributed by atoms with van der Waals surface area (Å²) in [5.41, 5.74) is 1.31. The Balaban J connectivity index is 1.56. The molecule has 0 unspecified atom stereocenters. The number of thioether (sulfide) groups is 1. The van der Waals surface area contributed by atoms with E-state index in [1.807, 2.05) is 48.5 Å². The predicted octanol–water partition coefficient (Wildman–Crippen LogP) is 7.21. The summed E-state index contributed by atoms with van der Waals surface area (Å²) in [5.74, 6) is -1.32. The molecule has 1 aliphatic heterocycles. The first-order chi connectivity index (χ1) is 16.9. The van der Waals surface area contributed by atoms with Gasteiger partial charge in [0.25, 0.3) is 17.0 Å². The number of ether oxygens (including phenoxy) is 1. The third-order valence-electron chi connectivity index (χ3n) is 5.26. The molecular weight excluding hydrogens is 557 g/mol. The molecule has 0 bridgehead atoms. The number of carbonyl (C=O) groups excluding carboxylic acids is 2. The van der Waals surface area contributed by atoms with Crippen molar-refractivity contribution < 1.29 is 18.7 Å². The van der Waals surface area contributed by atoms with Gasteiger partial charge in [0.1, 0.15) is 5.75 Å². The minimum atomic E-state index is -0.790. The van der Waals surface area contributed by atoms with Crippen LogP contribution in [0.2, 0.25) is 5.28 Å². The molecule has 1 fully saturated rings. The van der Waals surface area contributed by atoms with Crippen molar-refractivity contribution in [2.24, 2.45) is 0 Å². The van der Waals surface area contributed by atoms with Gasteiger partial charge in [0.15, 0.2) is 0 Å². The van der Waals surface area contributed by atoms with Crippen LogP contribution in [0.5, 0.6) is 11.6 Å². The van der Waals surface area contributed by atoms with Crippen molar-refractivity contribution in [1.82, 2.24) is 14.9 Å². The van der Waals surface area contributed by atoms with Gasteiger partial charge in [-0.15, -0.1) is 0 Å². The van der Waals surface area contributed by atoms with Gasteiger partial charge in [0.2, 0.25) is 11.1 Å². The maximum Gasteiger partial charge on any atom is 0.293 e. The fourth-order valence-electron chi connectivity index (χ4n) is 3.58. The lowest BCUT2D eigenvalue weighted by molar-refractivity contribution is -0.123. The monoisotopic (exact) mass is 569 g/mol. The summed E-state index contributed by atoms with van der Waals surface area (Å²) in [6.45, 7) is 0.132. The first kappa shape index (κ1) is 23.5. The summed E-state index contributed by atoms with van der Waals surface area (Å²) >= 11 is 10.1. The molecule has 0 atom stereocenters. The largest absolute Gasteiger partial charge is 0.436 e. The molecule has 35 heavy (non-hydrogen) atoms. The number of carbonyl (C=O) groups is 2. The molecule has 0 N–H and O–H groups in total. The zero-order chi connectivity index (χ0) is 24.5. The van der Waals surface area contributed by atoms with Crippen LogP contribution >= 0.6 is 39.3 Å². The second-order valence-electron chi connectivity index (χ2n) is 7.45. The second kappa shape index (κ2) is 9.77. The maximum absolute atomic E-state index is 14.3. The van der Waals surface area contributed by atoms with Crippen molar-refractivity contribution in [2.45, 2.75) is 6.54 Å². The molecular formula is C25H14BrClFN3O3S. The Labute approximate surface area is 216 Å². The molecule has 10 heteroatoms. The number of nitrogens with zero attached hydrogens (tertiary/aromatic N) is 3. The number of fused-ring (bicyclic) bond motifs is 1. The summed E-state index contributed by atoms with van der Waals surface area (Å²) in [6.07, 6.45) is 2.50. The summed E-state index contributed by atoms with van der Waals surface area (Å²) in [5, 5.41) is 1.08. The van der Waals surface area contributed by atoms with Crippen molar-refractivity contribution >= 4 is 67.3 Å². The Hall–Kier alpha value is -3.27. The number of hydrogen-bond acceptors (Lipinski definition) is 6. The van der Waals surface area contributed by atoms with E-state index in [-0.39, 0.29) is 33.6 Å². The molecule has 0 radical (unpaired) electrons. The average molecular weight is 571 g/mol. The van der Waals surface area contributed by atoms with Gasteiger partial charge in [-0.1, -0.05) is 64.5 Å². The maximum atomic E-state index is 14.3. The van der Waals surface area contributed by atoms with Gasteiger partial charge in [-0.05, 0) is 57.9 Å². The molecule has 0 spiro atoms. The Morgan fingerprint density at radius 1 is 1.09 bits per heavy atom. The van der Waals surface area contributed by atoms with Crippen LogP contribution in [0.4, 0.5) is 9.18 Å². The molecule has 1 aromatic heterocycles. The first-order valence-electron chi connectivity index (χ1n) is 10.3. The van der Waals surface area contributed by atoms with Gasteiger partial charge in [-0.2, -0.15) is 9.37 Å². The average Bonchev–Trinajstić information content (AvgIpc) is 3.11. The highest BCUT2D eigenvalue weighted by Gasteiger charge is 2.35. The van der Waals surface area contributed by atoms with Crippen LogP contribution in [0.3, 0.4) is 0 Å². The molecule has 3 aromatic carbocycles. The quantitative estimate of drug-likeness (QED) is 0.186. The van der Waals surface area contributed by atoms with Crippen LogP contribution < -0.4 is 4.74 Å². The zero-order valence-electron chi connectivity index (χ0n) is 17.7. The van der Waals surface area contributed by atoms with Gasteiger partial charge >= 0.3 is 0 Å². The standard InChI is InChI=1S/C25H14BrClFN3O3S/c26-18-8-4-2-6-15(18)13-31-23(32)21(35-25(31)33)11-17-16-7-3-1-5-14(16)9-10-20(17)34-22-19(28)12-29-24(27)30-22/h1-12H,13H2/b21-11+. The minimum absolute atomic E-state index is 0.132. The van der Waals surface area contributed by atoms with Crippen LogP contribution in [0.25, 0.3) is 16.8 Å². The van der Waals surface area contributed by atoms with E-state index in [9.17, 15) is 14.0 Å². The normalized spacial score (nSPS) is 14.8. The highest BCUT2D eigenvalue weighted by molar-refractivity contribution is 9.10. The van der Waals surface area contributed by atoms with Gasteiger partial charge < -0.3 is 4.74 Å². The first-order valence-corrected chi connectivity index (χ1v) is 12.3. The van der Waals surface area contributed by atoms with E-state index in [1.165, 1.54) is 4.90 Å². The highest BCUT2D eigenvalue weighted by Crippen LogP contribution is 2.39. The smallest absolute Gasteiger partial charge is 0.293 e. The van der Waals surface area contributed by atoms with Gasteiger partial charge in [0, 0.05) is 10.0 Å². The number of halogens is 3. The van der Waals surface area contributed by atoms with Gasteiger partial charge in [-0.25, -0.2) is 4.98 Å². The van der Waals surface area contributed by atoms with Crippen LogP contribution in [0.1, 0.15) is 11.1 Å². The molecule has 4 aromatic rings. The van der Waals surface area contributed by atoms with Crippen LogP contribution in [-0.4, -0.2) is 26.0 Å². The van der Waals surface area contributed by atoms with E-state index in [4.69, 9.17) is 16.3 Å². The lowest BCUT2D eigenvalue weighted by atomic mass is 10.0. The fraction of sp³-hybridized carbons (Fsp3) is 0.0400. The summed E-state index contributed by atoms with van der Waals surface area (Å²) in [4.78, 5) is 34.7. The fourth-order valence-corrected chi connectivity index (χ4v) is 4.94. The summed E-state index contributed by atoms with van der Waals surface area (Å²) < 4.78 is 20.8. The van der Waals surface area contributed by atoms with Gasteiger partial charge in [-0.3, -0.25) is 14.5 Å². The van der Waals surface area contributed by atoms with Crippen LogP contribution in [0, 0.1) is 5.82 Å². The van der Waals surface area contributed by atoms with Crippen molar-refractivity contribution in [1.29, 1.82) is 0 Å². The predicted molar refractivity (Wildman–Crippen MR) is 137 cm³/mol. The molecule has 0 aliphatic carbocycles. The van der Waals surface area contributed by atoms with Crippen molar-refractivity contribution in [3.63, 3.8) is 0 Å². The van der Waals surface area contributed by atoms with E-state index in [0.717, 1.165) is 38.8 Å². The minimum Gasteiger partial charge on any atom is -0.436 e. The van der Waals surface area contributed by atoms with Crippen molar-refractivity contribution in [3.05, 3.63) is 98.5 Å². The van der Waals surface area contributed by atoms with E-state index in [2.05, 4.69) is 25.9 Å². The number of hydrogen-bond donors (Lipinski definition) is 0. The lowest BCUT2D eigenvalue weighted by Crippen LogP contribution is -2.27. The molecule has 174 valence electrons. The third kappa shape index (κ3) is 4.80. The van der Waals surface area contributed by atoms with Crippen LogP contribution in [-0.2, 0) is 11.3 Å². The second-order valence-corrected chi connectivity index (χ2v) is 9.64. The number of rotatable bonds is 5. The summed E-state index contributed by atoms with van der Waals surface area (Å²) in [7, 11) is 0. The molecule has 1 aliphatic rings. The number of benzene rings is 3. The molecule has 0 saturated carbocycles. The Morgan fingerprint density at radius 2 is 1.86 bits per heavy atom. The SMILES string of the molecule is O=C1S/C(=C/c2c(Oc3nc(Cl)ncc3F)ccc3ccccc23)C(=O)N1Cc1ccccc1Br. The number of imide groups is 1. The molecule has 2 heterocycles. The number of amides is 2. The van der Waals surface area contributed by atoms with E-state index >= 15 is 0 Å². The van der Waals surface area contributed by atoms with E-state index in [0.29, 0.717) is 5.56 Å². The number of aromatic nitrogens is 2. The summed E-state index contributed by atoms with van der Waals surface area (Å²) in [6, 6.07) is 18.3. The highest BCUT2D eigenvalue weighted by atomic mass is 79.9. The topological polar surface area (TPSA) is 72.4 Å². The van der Waals surface area contributed by atoms with Crippen molar-refractivity contribution in [2.75, 3.05) is 0 Å².